The number of carboxylic acid groups (broad SMARTS) is 1. The maximum absolute atomic E-state index is 10.6. The summed E-state index contributed by atoms with van der Waals surface area (Å²) < 4.78 is 4.77. The Hall–Kier alpha value is -2.29. The normalized spacial score (nSPS) is 9.94. The zero-order valence-corrected chi connectivity index (χ0v) is 9.38. The highest BCUT2D eigenvalue weighted by Crippen LogP contribution is 2.30. The molecule has 2 aromatic carbocycles. The molecule has 0 amide bonds. The Morgan fingerprint density at radius 2 is 1.82 bits per heavy atom. The van der Waals surface area contributed by atoms with Crippen molar-refractivity contribution in [1.29, 1.82) is 0 Å². The molecule has 0 heterocycles. The second-order valence-corrected chi connectivity index (χ2v) is 3.73. The van der Waals surface area contributed by atoms with Gasteiger partial charge in [0.25, 0.3) is 0 Å². The number of hydrogen-bond donors (Lipinski definition) is 1. The number of aryl methyl sites for hydroxylation is 1. The molecular weight excluding hydrogens is 216 g/mol. The van der Waals surface area contributed by atoms with Crippen molar-refractivity contribution in [3.05, 3.63) is 54.1 Å². The minimum absolute atomic E-state index is 0.356. The van der Waals surface area contributed by atoms with Crippen molar-refractivity contribution in [2.45, 2.75) is 6.92 Å². The molecule has 0 radical (unpaired) electrons. The number of benzene rings is 2. The average Bonchev–Trinajstić information content (AvgIpc) is 2.32. The van der Waals surface area contributed by atoms with Crippen LogP contribution in [0, 0.1) is 6.92 Å². The first-order chi connectivity index (χ1) is 8.16. The molecule has 2 aromatic rings. The van der Waals surface area contributed by atoms with E-state index in [0.29, 0.717) is 5.75 Å². The maximum Gasteiger partial charge on any atom is 0.511 e. The van der Waals surface area contributed by atoms with Crippen LogP contribution in [0.4, 0.5) is 4.79 Å². The lowest BCUT2D eigenvalue weighted by Gasteiger charge is -2.09. The second kappa shape index (κ2) is 4.70. The van der Waals surface area contributed by atoms with Crippen molar-refractivity contribution in [2.24, 2.45) is 0 Å². The minimum Gasteiger partial charge on any atom is -0.449 e. The van der Waals surface area contributed by atoms with Crippen LogP contribution in [0.1, 0.15) is 5.56 Å². The highest BCUT2D eigenvalue weighted by Gasteiger charge is 2.09. The molecule has 0 aliphatic heterocycles. The number of rotatable bonds is 2. The van der Waals surface area contributed by atoms with Crippen LogP contribution in [0.2, 0.25) is 0 Å². The Bertz CT molecular complexity index is 532. The first-order valence-corrected chi connectivity index (χ1v) is 5.23. The van der Waals surface area contributed by atoms with E-state index in [0.717, 1.165) is 16.7 Å². The zero-order chi connectivity index (χ0) is 12.3. The summed E-state index contributed by atoms with van der Waals surface area (Å²) in [6.45, 7) is 1.96. The molecule has 86 valence electrons. The molecular formula is C14H12O3. The summed E-state index contributed by atoms with van der Waals surface area (Å²) in [6.07, 6.45) is -1.30. The van der Waals surface area contributed by atoms with Gasteiger partial charge in [0.1, 0.15) is 5.75 Å². The predicted octanol–water partition coefficient (Wildman–Crippen LogP) is 3.72. The lowest BCUT2D eigenvalue weighted by atomic mass is 10.0. The van der Waals surface area contributed by atoms with Gasteiger partial charge in [0.05, 0.1) is 0 Å². The molecule has 0 aliphatic carbocycles. The fourth-order valence-corrected chi connectivity index (χ4v) is 1.67. The van der Waals surface area contributed by atoms with Crippen molar-refractivity contribution in [1.82, 2.24) is 0 Å². The minimum atomic E-state index is -1.30. The lowest BCUT2D eigenvalue weighted by Crippen LogP contribution is -2.04. The van der Waals surface area contributed by atoms with Gasteiger partial charge in [-0.25, -0.2) is 4.79 Å². The molecule has 0 saturated carbocycles. The second-order valence-electron chi connectivity index (χ2n) is 3.73. The standard InChI is InChI=1S/C14H12O3/c1-10-7-8-13(17-14(15)16)12(9-10)11-5-3-2-4-6-11/h2-9H,1H3,(H,15,16). The van der Waals surface area contributed by atoms with Crippen LogP contribution in [0.5, 0.6) is 5.75 Å². The van der Waals surface area contributed by atoms with E-state index in [-0.39, 0.29) is 0 Å². The Balaban J connectivity index is 2.51. The van der Waals surface area contributed by atoms with Crippen LogP contribution >= 0.6 is 0 Å². The third-order valence-electron chi connectivity index (χ3n) is 2.42. The van der Waals surface area contributed by atoms with E-state index in [2.05, 4.69) is 0 Å². The summed E-state index contributed by atoms with van der Waals surface area (Å²) in [5.74, 6) is 0.356. The Kier molecular flexibility index (Phi) is 3.10. The monoisotopic (exact) mass is 228 g/mol. The smallest absolute Gasteiger partial charge is 0.449 e. The summed E-state index contributed by atoms with van der Waals surface area (Å²) in [5, 5.41) is 8.69. The third-order valence-corrected chi connectivity index (χ3v) is 2.42. The fourth-order valence-electron chi connectivity index (χ4n) is 1.67. The Morgan fingerprint density at radius 1 is 1.12 bits per heavy atom. The van der Waals surface area contributed by atoms with E-state index < -0.39 is 6.16 Å². The van der Waals surface area contributed by atoms with E-state index in [9.17, 15) is 4.79 Å². The van der Waals surface area contributed by atoms with Crippen molar-refractivity contribution >= 4 is 6.16 Å². The van der Waals surface area contributed by atoms with Crippen LogP contribution < -0.4 is 4.74 Å². The highest BCUT2D eigenvalue weighted by molar-refractivity contribution is 5.74. The zero-order valence-electron chi connectivity index (χ0n) is 9.38. The first-order valence-electron chi connectivity index (χ1n) is 5.23. The Labute approximate surface area is 99.3 Å². The molecule has 1 N–H and O–H groups in total. The topological polar surface area (TPSA) is 46.5 Å². The first kappa shape index (κ1) is 11.2. The lowest BCUT2D eigenvalue weighted by molar-refractivity contribution is 0.144. The summed E-state index contributed by atoms with van der Waals surface area (Å²) >= 11 is 0. The molecule has 0 atom stereocenters. The molecule has 3 heteroatoms. The van der Waals surface area contributed by atoms with E-state index >= 15 is 0 Å². The van der Waals surface area contributed by atoms with Gasteiger partial charge in [-0.05, 0) is 24.6 Å². The molecule has 0 aromatic heterocycles. The van der Waals surface area contributed by atoms with Gasteiger partial charge in [0.2, 0.25) is 0 Å². The SMILES string of the molecule is Cc1ccc(OC(=O)O)c(-c2ccccc2)c1. The van der Waals surface area contributed by atoms with Crippen LogP contribution in [0.3, 0.4) is 0 Å². The summed E-state index contributed by atoms with van der Waals surface area (Å²) in [7, 11) is 0. The van der Waals surface area contributed by atoms with Crippen LogP contribution in [0.25, 0.3) is 11.1 Å². The van der Waals surface area contributed by atoms with Crippen LogP contribution in [-0.2, 0) is 0 Å². The fraction of sp³-hybridized carbons (Fsp3) is 0.0714. The summed E-state index contributed by atoms with van der Waals surface area (Å²) in [5.41, 5.74) is 2.78. The van der Waals surface area contributed by atoms with E-state index in [4.69, 9.17) is 9.84 Å². The van der Waals surface area contributed by atoms with Gasteiger partial charge >= 0.3 is 6.16 Å². The van der Waals surface area contributed by atoms with Crippen molar-refractivity contribution < 1.29 is 14.6 Å². The van der Waals surface area contributed by atoms with Crippen LogP contribution in [-0.4, -0.2) is 11.3 Å². The predicted molar refractivity (Wildman–Crippen MR) is 65.3 cm³/mol. The van der Waals surface area contributed by atoms with E-state index in [1.165, 1.54) is 0 Å². The molecule has 3 nitrogen and oxygen atoms in total. The number of ether oxygens (including phenoxy) is 1. The van der Waals surface area contributed by atoms with Crippen LogP contribution in [0.15, 0.2) is 48.5 Å². The molecule has 0 fully saturated rings. The van der Waals surface area contributed by atoms with Gasteiger partial charge in [-0.1, -0.05) is 42.0 Å². The number of hydrogen-bond acceptors (Lipinski definition) is 2. The van der Waals surface area contributed by atoms with Gasteiger partial charge in [-0.2, -0.15) is 0 Å². The van der Waals surface area contributed by atoms with Gasteiger partial charge in [0, 0.05) is 5.56 Å². The molecule has 0 saturated heterocycles. The van der Waals surface area contributed by atoms with Crippen molar-refractivity contribution in [2.75, 3.05) is 0 Å². The third kappa shape index (κ3) is 2.64. The van der Waals surface area contributed by atoms with Crippen molar-refractivity contribution in [3.63, 3.8) is 0 Å². The van der Waals surface area contributed by atoms with Crippen molar-refractivity contribution in [3.8, 4) is 16.9 Å². The quantitative estimate of drug-likeness (QED) is 0.629. The molecule has 0 spiro atoms. The molecule has 2 rings (SSSR count). The largest absolute Gasteiger partial charge is 0.511 e. The van der Waals surface area contributed by atoms with Gasteiger partial charge < -0.3 is 9.84 Å². The van der Waals surface area contributed by atoms with Gasteiger partial charge in [-0.3, -0.25) is 0 Å². The molecule has 0 unspecified atom stereocenters. The van der Waals surface area contributed by atoms with Gasteiger partial charge in [0.15, 0.2) is 0 Å². The van der Waals surface area contributed by atoms with E-state index in [1.807, 2.05) is 49.4 Å². The average molecular weight is 228 g/mol. The van der Waals surface area contributed by atoms with E-state index in [1.54, 1.807) is 6.07 Å². The summed E-state index contributed by atoms with van der Waals surface area (Å²) in [4.78, 5) is 10.6. The number of carbonyl (C=O) groups is 1. The highest BCUT2D eigenvalue weighted by atomic mass is 16.7. The maximum atomic E-state index is 10.6. The molecule has 17 heavy (non-hydrogen) atoms. The molecule has 0 aliphatic rings. The molecule has 0 bridgehead atoms. The van der Waals surface area contributed by atoms with Gasteiger partial charge in [-0.15, -0.1) is 0 Å². The summed E-state index contributed by atoms with van der Waals surface area (Å²) in [6, 6.07) is 15.0. The Morgan fingerprint density at radius 3 is 2.47 bits per heavy atom.